The second-order valence-corrected chi connectivity index (χ2v) is 5.97. The SMILES string of the molecule is Cl.Cl.O=C(NCCN1CCSCC1)C1CCCCN1. The predicted molar refractivity (Wildman–Crippen MR) is 86.9 cm³/mol. The fourth-order valence-electron chi connectivity index (χ4n) is 2.36. The standard InChI is InChI=1S/C12H23N3OS.2ClH/c16-12(11-3-1-2-4-13-11)14-5-6-15-7-9-17-10-8-15;;/h11,13H,1-10H2,(H,14,16);2*1H. The Labute approximate surface area is 132 Å². The Morgan fingerprint density at radius 3 is 2.63 bits per heavy atom. The summed E-state index contributed by atoms with van der Waals surface area (Å²) in [5.74, 6) is 2.66. The zero-order valence-electron chi connectivity index (χ0n) is 11.2. The van der Waals surface area contributed by atoms with E-state index in [-0.39, 0.29) is 36.8 Å². The lowest BCUT2D eigenvalue weighted by Gasteiger charge is -2.27. The van der Waals surface area contributed by atoms with E-state index in [4.69, 9.17) is 0 Å². The smallest absolute Gasteiger partial charge is 0.237 e. The summed E-state index contributed by atoms with van der Waals surface area (Å²) in [5, 5.41) is 6.33. The lowest BCUT2D eigenvalue weighted by molar-refractivity contribution is -0.123. The number of nitrogens with zero attached hydrogens (tertiary/aromatic N) is 1. The van der Waals surface area contributed by atoms with Gasteiger partial charge in [-0.05, 0) is 19.4 Å². The van der Waals surface area contributed by atoms with Crippen LogP contribution in [0.5, 0.6) is 0 Å². The van der Waals surface area contributed by atoms with Crippen molar-refractivity contribution in [1.82, 2.24) is 15.5 Å². The van der Waals surface area contributed by atoms with Crippen LogP contribution in [0.25, 0.3) is 0 Å². The lowest BCUT2D eigenvalue weighted by atomic mass is 10.0. The van der Waals surface area contributed by atoms with Gasteiger partial charge in [0, 0.05) is 37.7 Å². The molecular weight excluding hydrogens is 305 g/mol. The minimum absolute atomic E-state index is 0. The third-order valence-electron chi connectivity index (χ3n) is 3.46. The van der Waals surface area contributed by atoms with Crippen LogP contribution in [-0.2, 0) is 4.79 Å². The van der Waals surface area contributed by atoms with Crippen LogP contribution in [0.1, 0.15) is 19.3 Å². The Balaban J connectivity index is 0.00000162. The zero-order chi connectivity index (χ0) is 11.9. The Hall–Kier alpha value is 0.320. The van der Waals surface area contributed by atoms with Gasteiger partial charge in [-0.3, -0.25) is 9.69 Å². The number of carbonyl (C=O) groups is 1. The van der Waals surface area contributed by atoms with Gasteiger partial charge in [0.1, 0.15) is 0 Å². The van der Waals surface area contributed by atoms with Gasteiger partial charge in [-0.1, -0.05) is 6.42 Å². The summed E-state index contributed by atoms with van der Waals surface area (Å²) in [4.78, 5) is 14.3. The summed E-state index contributed by atoms with van der Waals surface area (Å²) in [6.07, 6.45) is 3.37. The second-order valence-electron chi connectivity index (χ2n) is 4.75. The molecule has 114 valence electrons. The average molecular weight is 330 g/mol. The van der Waals surface area contributed by atoms with Gasteiger partial charge < -0.3 is 10.6 Å². The van der Waals surface area contributed by atoms with Gasteiger partial charge in [-0.25, -0.2) is 0 Å². The third kappa shape index (κ3) is 7.04. The first-order valence-electron chi connectivity index (χ1n) is 6.67. The topological polar surface area (TPSA) is 44.4 Å². The molecule has 7 heteroatoms. The number of hydrogen-bond acceptors (Lipinski definition) is 4. The first kappa shape index (κ1) is 19.3. The van der Waals surface area contributed by atoms with E-state index in [1.165, 1.54) is 37.4 Å². The molecule has 0 saturated carbocycles. The van der Waals surface area contributed by atoms with Gasteiger partial charge in [0.25, 0.3) is 0 Å². The van der Waals surface area contributed by atoms with Crippen LogP contribution in [0.2, 0.25) is 0 Å². The highest BCUT2D eigenvalue weighted by atomic mass is 35.5. The Kier molecular flexibility index (Phi) is 11.2. The van der Waals surface area contributed by atoms with Crippen LogP contribution in [-0.4, -0.2) is 61.1 Å². The van der Waals surface area contributed by atoms with Gasteiger partial charge in [0.15, 0.2) is 0 Å². The molecule has 4 nitrogen and oxygen atoms in total. The van der Waals surface area contributed by atoms with Gasteiger partial charge >= 0.3 is 0 Å². The van der Waals surface area contributed by atoms with Gasteiger partial charge in [0.2, 0.25) is 5.91 Å². The van der Waals surface area contributed by atoms with E-state index in [1.807, 2.05) is 11.8 Å². The van der Waals surface area contributed by atoms with Crippen molar-refractivity contribution in [2.45, 2.75) is 25.3 Å². The normalized spacial score (nSPS) is 23.9. The van der Waals surface area contributed by atoms with Gasteiger partial charge in [-0.2, -0.15) is 11.8 Å². The molecule has 2 fully saturated rings. The van der Waals surface area contributed by atoms with E-state index in [0.29, 0.717) is 0 Å². The van der Waals surface area contributed by atoms with Crippen LogP contribution in [0.3, 0.4) is 0 Å². The van der Waals surface area contributed by atoms with E-state index in [2.05, 4.69) is 15.5 Å². The molecule has 2 rings (SSSR count). The number of thioether (sulfide) groups is 1. The first-order chi connectivity index (χ1) is 8.36. The van der Waals surface area contributed by atoms with Crippen LogP contribution in [0.4, 0.5) is 0 Å². The van der Waals surface area contributed by atoms with E-state index >= 15 is 0 Å². The monoisotopic (exact) mass is 329 g/mol. The minimum atomic E-state index is 0. The second kappa shape index (κ2) is 11.0. The summed E-state index contributed by atoms with van der Waals surface area (Å²) < 4.78 is 0. The summed E-state index contributed by atoms with van der Waals surface area (Å²) in [7, 11) is 0. The molecule has 0 aromatic heterocycles. The van der Waals surface area contributed by atoms with Crippen LogP contribution < -0.4 is 10.6 Å². The molecule has 1 amide bonds. The number of hydrogen-bond donors (Lipinski definition) is 2. The number of carbonyl (C=O) groups excluding carboxylic acids is 1. The van der Waals surface area contributed by atoms with Crippen molar-refractivity contribution in [3.8, 4) is 0 Å². The molecular formula is C12H25Cl2N3OS. The fraction of sp³-hybridized carbons (Fsp3) is 0.917. The summed E-state index contributed by atoms with van der Waals surface area (Å²) in [6, 6.07) is 0.0562. The molecule has 0 aromatic carbocycles. The van der Waals surface area contributed by atoms with Crippen molar-refractivity contribution >= 4 is 42.5 Å². The van der Waals surface area contributed by atoms with Crippen molar-refractivity contribution in [2.75, 3.05) is 44.2 Å². The molecule has 2 heterocycles. The number of amides is 1. The minimum Gasteiger partial charge on any atom is -0.353 e. The average Bonchev–Trinajstić information content (AvgIpc) is 2.41. The Bertz CT molecular complexity index is 247. The van der Waals surface area contributed by atoms with Crippen molar-refractivity contribution in [3.63, 3.8) is 0 Å². The number of nitrogens with one attached hydrogen (secondary N) is 2. The molecule has 2 N–H and O–H groups in total. The molecule has 2 aliphatic rings. The maximum atomic E-state index is 11.8. The molecule has 0 radical (unpaired) electrons. The predicted octanol–water partition coefficient (Wildman–Crippen LogP) is 1.14. The first-order valence-corrected chi connectivity index (χ1v) is 7.83. The largest absolute Gasteiger partial charge is 0.353 e. The molecule has 0 aromatic rings. The number of rotatable bonds is 4. The van der Waals surface area contributed by atoms with E-state index in [1.54, 1.807) is 0 Å². The maximum Gasteiger partial charge on any atom is 0.237 e. The molecule has 0 spiro atoms. The molecule has 2 aliphatic heterocycles. The molecule has 1 unspecified atom stereocenters. The molecule has 0 bridgehead atoms. The maximum absolute atomic E-state index is 11.8. The lowest BCUT2D eigenvalue weighted by Crippen LogP contribution is -2.48. The van der Waals surface area contributed by atoms with Crippen LogP contribution in [0, 0.1) is 0 Å². The number of halogens is 2. The van der Waals surface area contributed by atoms with Crippen molar-refractivity contribution in [3.05, 3.63) is 0 Å². The van der Waals surface area contributed by atoms with Crippen molar-refractivity contribution in [2.24, 2.45) is 0 Å². The van der Waals surface area contributed by atoms with Gasteiger partial charge in [-0.15, -0.1) is 24.8 Å². The number of piperidine rings is 1. The Morgan fingerprint density at radius 1 is 1.26 bits per heavy atom. The molecule has 19 heavy (non-hydrogen) atoms. The van der Waals surface area contributed by atoms with Crippen molar-refractivity contribution < 1.29 is 4.79 Å². The third-order valence-corrected chi connectivity index (χ3v) is 4.40. The summed E-state index contributed by atoms with van der Waals surface area (Å²) >= 11 is 2.02. The van der Waals surface area contributed by atoms with Crippen LogP contribution >= 0.6 is 36.6 Å². The van der Waals surface area contributed by atoms with Gasteiger partial charge in [0.05, 0.1) is 6.04 Å². The van der Waals surface area contributed by atoms with E-state index in [9.17, 15) is 4.79 Å². The highest BCUT2D eigenvalue weighted by Crippen LogP contribution is 2.08. The molecule has 2 saturated heterocycles. The van der Waals surface area contributed by atoms with Crippen molar-refractivity contribution in [1.29, 1.82) is 0 Å². The fourth-order valence-corrected chi connectivity index (χ4v) is 3.34. The molecule has 0 aliphatic carbocycles. The zero-order valence-corrected chi connectivity index (χ0v) is 13.7. The van der Waals surface area contributed by atoms with E-state index < -0.39 is 0 Å². The quantitative estimate of drug-likeness (QED) is 0.811. The van der Waals surface area contributed by atoms with E-state index in [0.717, 1.165) is 26.1 Å². The summed E-state index contributed by atoms with van der Waals surface area (Å²) in [5.41, 5.74) is 0. The highest BCUT2D eigenvalue weighted by molar-refractivity contribution is 7.99. The summed E-state index contributed by atoms with van der Waals surface area (Å²) in [6.45, 7) is 5.12. The highest BCUT2D eigenvalue weighted by Gasteiger charge is 2.20. The Morgan fingerprint density at radius 2 is 2.00 bits per heavy atom. The van der Waals surface area contributed by atoms with Crippen LogP contribution in [0.15, 0.2) is 0 Å². The molecule has 1 atom stereocenters.